The molecule has 2 aromatic heterocycles. The second-order valence-corrected chi connectivity index (χ2v) is 6.05. The van der Waals surface area contributed by atoms with Gasteiger partial charge < -0.3 is 5.73 Å². The molecule has 6 nitrogen and oxygen atoms in total. The Labute approximate surface area is 149 Å². The average Bonchev–Trinajstić information content (AvgIpc) is 2.62. The van der Waals surface area contributed by atoms with Crippen molar-refractivity contribution in [1.29, 1.82) is 0 Å². The van der Waals surface area contributed by atoms with E-state index in [-0.39, 0.29) is 17.3 Å². The third-order valence-corrected chi connectivity index (χ3v) is 3.90. The molecule has 0 aliphatic carbocycles. The second-order valence-electron chi connectivity index (χ2n) is 6.05. The predicted octanol–water partition coefficient (Wildman–Crippen LogP) is 2.79. The van der Waals surface area contributed by atoms with E-state index in [1.54, 1.807) is 29.2 Å². The van der Waals surface area contributed by atoms with E-state index in [1.807, 2.05) is 13.8 Å². The molecule has 1 aromatic carbocycles. The molecule has 7 heteroatoms. The molecule has 26 heavy (non-hydrogen) atoms. The van der Waals surface area contributed by atoms with Gasteiger partial charge in [-0.3, -0.25) is 19.3 Å². The van der Waals surface area contributed by atoms with E-state index in [1.165, 1.54) is 24.3 Å². The van der Waals surface area contributed by atoms with Crippen molar-refractivity contribution in [3.63, 3.8) is 0 Å². The van der Waals surface area contributed by atoms with Gasteiger partial charge in [0, 0.05) is 29.6 Å². The molecular formula is C19H17FN4O2. The minimum Gasteiger partial charge on any atom is -0.365 e. The Hall–Kier alpha value is -3.35. The standard InChI is InChI=1S/C19H17FN4O2/c1-11(2)24-17(13-4-3-9-22-10-13)15(19(21)26)18(25)16(23-24)12-5-7-14(20)8-6-12/h3-11H,1-2H3,(H2,21,26). The lowest BCUT2D eigenvalue weighted by Gasteiger charge is -2.19. The number of aromatic nitrogens is 3. The second kappa shape index (κ2) is 6.87. The van der Waals surface area contributed by atoms with E-state index < -0.39 is 17.2 Å². The molecule has 0 aliphatic rings. The molecule has 2 N–H and O–H groups in total. The summed E-state index contributed by atoms with van der Waals surface area (Å²) in [6.45, 7) is 3.74. The zero-order valence-electron chi connectivity index (χ0n) is 14.3. The van der Waals surface area contributed by atoms with Crippen LogP contribution in [0.4, 0.5) is 4.39 Å². The van der Waals surface area contributed by atoms with Crippen LogP contribution in [0, 0.1) is 5.82 Å². The van der Waals surface area contributed by atoms with Gasteiger partial charge in [-0.15, -0.1) is 0 Å². The highest BCUT2D eigenvalue weighted by molar-refractivity contribution is 5.99. The maximum Gasteiger partial charge on any atom is 0.254 e. The SMILES string of the molecule is CC(C)n1nc(-c2ccc(F)cc2)c(=O)c(C(N)=O)c1-c1cccnc1. The topological polar surface area (TPSA) is 90.9 Å². The van der Waals surface area contributed by atoms with Gasteiger partial charge in [0.2, 0.25) is 5.43 Å². The summed E-state index contributed by atoms with van der Waals surface area (Å²) >= 11 is 0. The average molecular weight is 352 g/mol. The summed E-state index contributed by atoms with van der Waals surface area (Å²) in [5, 5.41) is 4.44. The van der Waals surface area contributed by atoms with E-state index in [4.69, 9.17) is 5.73 Å². The van der Waals surface area contributed by atoms with E-state index in [0.717, 1.165) is 0 Å². The van der Waals surface area contributed by atoms with Crippen molar-refractivity contribution in [1.82, 2.24) is 14.8 Å². The number of amides is 1. The third kappa shape index (κ3) is 3.11. The molecular weight excluding hydrogens is 335 g/mol. The zero-order valence-corrected chi connectivity index (χ0v) is 14.3. The molecule has 3 aromatic rings. The van der Waals surface area contributed by atoms with E-state index in [9.17, 15) is 14.0 Å². The lowest BCUT2D eigenvalue weighted by Crippen LogP contribution is -2.30. The molecule has 1 amide bonds. The van der Waals surface area contributed by atoms with Crippen molar-refractivity contribution >= 4 is 5.91 Å². The molecule has 3 rings (SSSR count). The molecule has 2 heterocycles. The molecule has 0 saturated carbocycles. The van der Waals surface area contributed by atoms with Gasteiger partial charge in [0.05, 0.1) is 5.69 Å². The Bertz CT molecular complexity index is 1010. The van der Waals surface area contributed by atoms with Crippen LogP contribution in [-0.2, 0) is 0 Å². The van der Waals surface area contributed by atoms with Crippen LogP contribution >= 0.6 is 0 Å². The van der Waals surface area contributed by atoms with Gasteiger partial charge >= 0.3 is 0 Å². The fraction of sp³-hybridized carbons (Fsp3) is 0.158. The number of primary amides is 1. The number of halogens is 1. The Morgan fingerprint density at radius 1 is 1.15 bits per heavy atom. The van der Waals surface area contributed by atoms with Crippen molar-refractivity contribution < 1.29 is 9.18 Å². The molecule has 132 valence electrons. The highest BCUT2D eigenvalue weighted by Gasteiger charge is 2.24. The largest absolute Gasteiger partial charge is 0.365 e. The molecule has 0 spiro atoms. The predicted molar refractivity (Wildman–Crippen MR) is 96.0 cm³/mol. The Balaban J connectivity index is 2.40. The first-order valence-corrected chi connectivity index (χ1v) is 8.03. The van der Waals surface area contributed by atoms with Gasteiger partial charge in [-0.05, 0) is 50.2 Å². The number of nitrogens with zero attached hydrogens (tertiary/aromatic N) is 3. The van der Waals surface area contributed by atoms with E-state index in [0.29, 0.717) is 16.8 Å². The maximum absolute atomic E-state index is 13.2. The van der Waals surface area contributed by atoms with Crippen LogP contribution in [0.5, 0.6) is 0 Å². The van der Waals surface area contributed by atoms with Gasteiger partial charge in [-0.2, -0.15) is 5.10 Å². The first kappa shape index (κ1) is 17.5. The molecule has 0 aliphatic heterocycles. The van der Waals surface area contributed by atoms with Crippen LogP contribution in [0.2, 0.25) is 0 Å². The van der Waals surface area contributed by atoms with E-state index in [2.05, 4.69) is 10.1 Å². The van der Waals surface area contributed by atoms with Crippen LogP contribution in [0.15, 0.2) is 53.6 Å². The Morgan fingerprint density at radius 2 is 1.85 bits per heavy atom. The van der Waals surface area contributed by atoms with Crippen LogP contribution in [-0.4, -0.2) is 20.7 Å². The Morgan fingerprint density at radius 3 is 2.38 bits per heavy atom. The summed E-state index contributed by atoms with van der Waals surface area (Å²) in [7, 11) is 0. The lowest BCUT2D eigenvalue weighted by molar-refractivity contribution is 0.0999. The minimum atomic E-state index is -0.853. The summed E-state index contributed by atoms with van der Waals surface area (Å²) in [6.07, 6.45) is 3.13. The van der Waals surface area contributed by atoms with Crippen molar-refractivity contribution in [3.05, 3.63) is 70.4 Å². The lowest BCUT2D eigenvalue weighted by atomic mass is 10.0. The fourth-order valence-electron chi connectivity index (χ4n) is 2.72. The molecule has 0 unspecified atom stereocenters. The number of nitrogens with two attached hydrogens (primary N) is 1. The normalized spacial score (nSPS) is 10.9. The monoisotopic (exact) mass is 352 g/mol. The van der Waals surface area contributed by atoms with Gasteiger partial charge in [0.15, 0.2) is 0 Å². The quantitative estimate of drug-likeness (QED) is 0.782. The molecule has 0 bridgehead atoms. The number of pyridine rings is 1. The van der Waals surface area contributed by atoms with Gasteiger partial charge in [-0.25, -0.2) is 4.39 Å². The van der Waals surface area contributed by atoms with Crippen LogP contribution in [0.3, 0.4) is 0 Å². The third-order valence-electron chi connectivity index (χ3n) is 3.90. The number of hydrogen-bond donors (Lipinski definition) is 1. The number of carbonyl (C=O) groups excluding carboxylic acids is 1. The molecule has 0 atom stereocenters. The van der Waals surface area contributed by atoms with Crippen molar-refractivity contribution in [2.45, 2.75) is 19.9 Å². The maximum atomic E-state index is 13.2. The first-order valence-electron chi connectivity index (χ1n) is 8.03. The molecule has 0 radical (unpaired) electrons. The van der Waals surface area contributed by atoms with E-state index >= 15 is 0 Å². The smallest absolute Gasteiger partial charge is 0.254 e. The van der Waals surface area contributed by atoms with Crippen molar-refractivity contribution in [3.8, 4) is 22.5 Å². The zero-order chi connectivity index (χ0) is 18.8. The number of carbonyl (C=O) groups is 1. The number of rotatable bonds is 4. The summed E-state index contributed by atoms with van der Waals surface area (Å²) < 4.78 is 14.8. The van der Waals surface area contributed by atoms with Crippen LogP contribution < -0.4 is 11.2 Å². The van der Waals surface area contributed by atoms with Crippen molar-refractivity contribution in [2.75, 3.05) is 0 Å². The summed E-state index contributed by atoms with van der Waals surface area (Å²) in [5.41, 5.74) is 6.10. The molecule has 0 fully saturated rings. The van der Waals surface area contributed by atoms with Crippen molar-refractivity contribution in [2.24, 2.45) is 5.73 Å². The summed E-state index contributed by atoms with van der Waals surface area (Å²) in [5.74, 6) is -1.28. The number of benzene rings is 1. The van der Waals surface area contributed by atoms with Gasteiger partial charge in [-0.1, -0.05) is 0 Å². The Kier molecular flexibility index (Phi) is 4.62. The summed E-state index contributed by atoms with van der Waals surface area (Å²) in [6, 6.07) is 8.61. The highest BCUT2D eigenvalue weighted by atomic mass is 19.1. The van der Waals surface area contributed by atoms with Crippen LogP contribution in [0.1, 0.15) is 30.2 Å². The first-order chi connectivity index (χ1) is 12.4. The van der Waals surface area contributed by atoms with Gasteiger partial charge in [0.1, 0.15) is 17.1 Å². The highest BCUT2D eigenvalue weighted by Crippen LogP contribution is 2.26. The molecule has 0 saturated heterocycles. The van der Waals surface area contributed by atoms with Crippen LogP contribution in [0.25, 0.3) is 22.5 Å². The van der Waals surface area contributed by atoms with Gasteiger partial charge in [0.25, 0.3) is 5.91 Å². The fourth-order valence-corrected chi connectivity index (χ4v) is 2.72. The summed E-state index contributed by atoms with van der Waals surface area (Å²) in [4.78, 5) is 29.1. The minimum absolute atomic E-state index is 0.0418. The number of hydrogen-bond acceptors (Lipinski definition) is 4.